The van der Waals surface area contributed by atoms with E-state index in [0.29, 0.717) is 32.0 Å². The first-order valence-corrected chi connectivity index (χ1v) is 9.74. The highest BCUT2D eigenvalue weighted by atomic mass is 32.2. The highest BCUT2D eigenvalue weighted by Crippen LogP contribution is 2.35. The predicted molar refractivity (Wildman–Crippen MR) is 95.4 cm³/mol. The van der Waals surface area contributed by atoms with Crippen molar-refractivity contribution in [3.05, 3.63) is 43.0 Å². The van der Waals surface area contributed by atoms with E-state index in [9.17, 15) is 33.4 Å². The molecule has 28 heavy (non-hydrogen) atoms. The zero-order valence-corrected chi connectivity index (χ0v) is 16.1. The Morgan fingerprint density at radius 1 is 1.32 bits per heavy atom. The van der Waals surface area contributed by atoms with Crippen molar-refractivity contribution in [2.75, 3.05) is 27.2 Å². The summed E-state index contributed by atoms with van der Waals surface area (Å²) in [6.07, 6.45) is 2.30. The highest BCUT2D eigenvalue weighted by molar-refractivity contribution is 7.93. The predicted octanol–water partition coefficient (Wildman–Crippen LogP) is -0.141. The lowest BCUT2D eigenvalue weighted by molar-refractivity contribution is -0.539. The molecule has 13 nitrogen and oxygen atoms in total. The molecule has 0 spiro atoms. The Balaban J connectivity index is 2.63. The molecular weight excluding hydrogens is 398 g/mol. The molecule has 0 bridgehead atoms. The lowest BCUT2D eigenvalue weighted by Gasteiger charge is -2.41. The summed E-state index contributed by atoms with van der Waals surface area (Å²) in [4.78, 5) is 33.9. The first-order valence-electron chi connectivity index (χ1n) is 8.30. The van der Waals surface area contributed by atoms with E-state index in [-0.39, 0.29) is 4.31 Å². The van der Waals surface area contributed by atoms with Gasteiger partial charge in [-0.05, 0) is 12.8 Å². The van der Waals surface area contributed by atoms with Crippen LogP contribution in [-0.2, 0) is 14.8 Å². The number of rotatable bonds is 5. The number of amides is 1. The van der Waals surface area contributed by atoms with Gasteiger partial charge in [0.05, 0.1) is 16.9 Å². The van der Waals surface area contributed by atoms with E-state index in [1.807, 2.05) is 0 Å². The minimum atomic E-state index is -4.63. The normalized spacial score (nSPS) is 26.0. The van der Waals surface area contributed by atoms with Gasteiger partial charge in [0, 0.05) is 37.2 Å². The second kappa shape index (κ2) is 7.81. The lowest BCUT2D eigenvalue weighted by atomic mass is 9.89. The number of hydrogen-bond donors (Lipinski definition) is 1. The number of nitrogens with two attached hydrogens (primary N) is 1. The molecule has 0 aromatic heterocycles. The van der Waals surface area contributed by atoms with Gasteiger partial charge in [0.2, 0.25) is 5.66 Å². The number of sulfonamides is 1. The molecule has 0 radical (unpaired) electrons. The van der Waals surface area contributed by atoms with Crippen molar-refractivity contribution in [2.24, 2.45) is 5.73 Å². The third-order valence-electron chi connectivity index (χ3n) is 4.86. The quantitative estimate of drug-likeness (QED) is 0.465. The number of ether oxygens (including phenoxy) is 1. The molecule has 1 fully saturated rings. The maximum Gasteiger partial charge on any atom is 0.423 e. The fourth-order valence-corrected chi connectivity index (χ4v) is 4.46. The number of carbonyl (C=O) groups excluding carboxylic acids is 1. The topological polar surface area (TPSA) is 179 Å². The number of methoxy groups -OCH3 is 1. The van der Waals surface area contributed by atoms with Crippen LogP contribution in [0.4, 0.5) is 4.79 Å². The summed E-state index contributed by atoms with van der Waals surface area (Å²) in [5, 5.41) is 23.4. The Hall–Kier alpha value is -2.58. The van der Waals surface area contributed by atoms with E-state index in [2.05, 4.69) is 4.74 Å². The second-order valence-electron chi connectivity index (χ2n) is 6.40. The van der Waals surface area contributed by atoms with Crippen molar-refractivity contribution >= 4 is 16.1 Å². The van der Waals surface area contributed by atoms with E-state index in [0.717, 1.165) is 26.7 Å². The fraction of sp³-hybridized carbons (Fsp3) is 0.643. The summed E-state index contributed by atoms with van der Waals surface area (Å²) in [6.45, 7) is 0.591. The van der Waals surface area contributed by atoms with E-state index in [1.54, 1.807) is 0 Å². The molecule has 1 heterocycles. The van der Waals surface area contributed by atoms with Crippen molar-refractivity contribution in [2.45, 2.75) is 31.0 Å². The third-order valence-corrected chi connectivity index (χ3v) is 6.58. The van der Waals surface area contributed by atoms with Gasteiger partial charge in [0.1, 0.15) is 0 Å². The van der Waals surface area contributed by atoms with Crippen molar-refractivity contribution in [3.63, 3.8) is 0 Å². The molecule has 156 valence electrons. The Kier molecular flexibility index (Phi) is 6.06. The Bertz CT molecular complexity index is 848. The van der Waals surface area contributed by atoms with E-state index < -0.39 is 48.3 Å². The molecular formula is C14H21N5O8S. The van der Waals surface area contributed by atoms with E-state index in [1.165, 1.54) is 4.90 Å². The summed E-state index contributed by atoms with van der Waals surface area (Å²) in [6, 6.07) is -1.91. The van der Waals surface area contributed by atoms with Crippen LogP contribution in [0.3, 0.4) is 0 Å². The van der Waals surface area contributed by atoms with Crippen LogP contribution in [0.25, 0.3) is 0 Å². The molecule has 0 saturated carbocycles. The molecule has 2 rings (SSSR count). The van der Waals surface area contributed by atoms with E-state index >= 15 is 0 Å². The van der Waals surface area contributed by atoms with Crippen LogP contribution >= 0.6 is 0 Å². The van der Waals surface area contributed by atoms with Crippen molar-refractivity contribution in [1.29, 1.82) is 0 Å². The Morgan fingerprint density at radius 2 is 1.89 bits per heavy atom. The van der Waals surface area contributed by atoms with Crippen LogP contribution in [0.1, 0.15) is 19.3 Å². The zero-order valence-electron chi connectivity index (χ0n) is 15.3. The second-order valence-corrected chi connectivity index (χ2v) is 8.37. The van der Waals surface area contributed by atoms with Crippen LogP contribution in [0.2, 0.25) is 0 Å². The SMILES string of the molecule is COC(=O)N(C)S(=O)(=O)C1=CC([N+](=O)[O-])C(N)(N2CCCCC2)C([N+](=O)[O-])=C1. The van der Waals surface area contributed by atoms with Gasteiger partial charge in [0.15, 0.2) is 0 Å². The molecule has 14 heteroatoms. The fourth-order valence-electron chi connectivity index (χ4n) is 3.31. The molecule has 2 unspecified atom stereocenters. The van der Waals surface area contributed by atoms with Gasteiger partial charge in [-0.25, -0.2) is 17.5 Å². The van der Waals surface area contributed by atoms with Crippen LogP contribution in [-0.4, -0.2) is 72.5 Å². The first-order chi connectivity index (χ1) is 13.0. The van der Waals surface area contributed by atoms with Crippen molar-refractivity contribution in [3.8, 4) is 0 Å². The minimum absolute atomic E-state index is 0.203. The zero-order chi connectivity index (χ0) is 21.3. The van der Waals surface area contributed by atoms with Gasteiger partial charge >= 0.3 is 6.09 Å². The number of allylic oxidation sites excluding steroid dienone is 1. The van der Waals surface area contributed by atoms with Gasteiger partial charge in [-0.3, -0.25) is 30.9 Å². The largest absolute Gasteiger partial charge is 0.452 e. The molecule has 0 aromatic rings. The number of likely N-dealkylation sites (tertiary alicyclic amines) is 1. The van der Waals surface area contributed by atoms with E-state index in [4.69, 9.17) is 5.73 Å². The Morgan fingerprint density at radius 3 is 2.36 bits per heavy atom. The number of nitro groups is 2. The van der Waals surface area contributed by atoms with Crippen LogP contribution in [0, 0.1) is 20.2 Å². The first kappa shape index (κ1) is 21.7. The van der Waals surface area contributed by atoms with Gasteiger partial charge in [0.25, 0.3) is 21.8 Å². The molecule has 1 amide bonds. The molecule has 1 saturated heterocycles. The van der Waals surface area contributed by atoms with Crippen molar-refractivity contribution < 1.29 is 27.8 Å². The number of piperidine rings is 1. The maximum absolute atomic E-state index is 12.6. The van der Waals surface area contributed by atoms with Gasteiger partial charge in [-0.2, -0.15) is 0 Å². The summed E-state index contributed by atoms with van der Waals surface area (Å²) < 4.78 is 29.8. The number of hydrogen-bond acceptors (Lipinski definition) is 10. The number of nitrogens with zero attached hydrogens (tertiary/aromatic N) is 4. The van der Waals surface area contributed by atoms with Crippen LogP contribution < -0.4 is 5.73 Å². The Labute approximate surface area is 160 Å². The lowest BCUT2D eigenvalue weighted by Crippen LogP contribution is -2.69. The maximum atomic E-state index is 12.6. The van der Waals surface area contributed by atoms with Crippen molar-refractivity contribution in [1.82, 2.24) is 9.21 Å². The molecule has 0 aromatic carbocycles. The molecule has 1 aliphatic heterocycles. The molecule has 2 aliphatic rings. The molecule has 2 atom stereocenters. The summed E-state index contributed by atoms with van der Waals surface area (Å²) in [5.74, 6) is 0. The third kappa shape index (κ3) is 3.57. The average molecular weight is 419 g/mol. The summed E-state index contributed by atoms with van der Waals surface area (Å²) in [5.41, 5.74) is 3.27. The standard InChI is InChI=1S/C14H21N5O8S/c1-16(13(20)27-2)28(25,26)10-8-11(18(21)22)14(15,12(9-10)19(23)24)17-6-4-3-5-7-17/h8-9,11H,3-7,15H2,1-2H3. The monoisotopic (exact) mass is 419 g/mol. The van der Waals surface area contributed by atoms with Crippen LogP contribution in [0.15, 0.2) is 22.8 Å². The summed E-state index contributed by atoms with van der Waals surface area (Å²) in [7, 11) is -2.81. The molecule has 2 N–H and O–H groups in total. The summed E-state index contributed by atoms with van der Waals surface area (Å²) >= 11 is 0. The van der Waals surface area contributed by atoms with Gasteiger partial charge < -0.3 is 4.74 Å². The van der Waals surface area contributed by atoms with Gasteiger partial charge in [-0.15, -0.1) is 0 Å². The van der Waals surface area contributed by atoms with Crippen LogP contribution in [0.5, 0.6) is 0 Å². The van der Waals surface area contributed by atoms with Gasteiger partial charge in [-0.1, -0.05) is 6.42 Å². The minimum Gasteiger partial charge on any atom is -0.452 e. The smallest absolute Gasteiger partial charge is 0.423 e. The average Bonchev–Trinajstić information content (AvgIpc) is 2.66. The molecule has 1 aliphatic carbocycles. The highest BCUT2D eigenvalue weighted by Gasteiger charge is 2.59. The number of carbonyl (C=O) groups is 1.